The third-order valence-corrected chi connectivity index (χ3v) is 4.40. The van der Waals surface area contributed by atoms with Gasteiger partial charge >= 0.3 is 11.8 Å². The lowest BCUT2D eigenvalue weighted by molar-refractivity contribution is -0.384. The number of aryl methyl sites for hydroxylation is 2. The first-order valence-corrected chi connectivity index (χ1v) is 8.86. The van der Waals surface area contributed by atoms with Crippen LogP contribution >= 0.6 is 0 Å². The standard InChI is InChI=1S/C17H29N5O4/c1-12-14(22(24)25)15(20(6)18-12)21-9-7-8-13(11-21)10-19(5)16(23)26-17(2,3)4/h13H,7-11H2,1-6H3. The number of anilines is 1. The van der Waals surface area contributed by atoms with Crippen LogP contribution in [0.1, 0.15) is 39.3 Å². The lowest BCUT2D eigenvalue weighted by Crippen LogP contribution is -2.43. The fraction of sp³-hybridized carbons (Fsp3) is 0.765. The number of hydrogen-bond donors (Lipinski definition) is 0. The molecule has 1 aromatic rings. The summed E-state index contributed by atoms with van der Waals surface area (Å²) in [6.07, 6.45) is 1.53. The van der Waals surface area contributed by atoms with E-state index in [-0.39, 0.29) is 22.6 Å². The number of nitrogens with zero attached hydrogens (tertiary/aromatic N) is 5. The highest BCUT2D eigenvalue weighted by molar-refractivity contribution is 5.67. The molecule has 0 aliphatic carbocycles. The van der Waals surface area contributed by atoms with E-state index in [0.29, 0.717) is 24.6 Å². The third-order valence-electron chi connectivity index (χ3n) is 4.40. The molecule has 0 bridgehead atoms. The Morgan fingerprint density at radius 3 is 2.69 bits per heavy atom. The molecule has 0 N–H and O–H groups in total. The molecule has 1 unspecified atom stereocenters. The van der Waals surface area contributed by atoms with Crippen LogP contribution < -0.4 is 4.90 Å². The molecule has 1 saturated heterocycles. The van der Waals surface area contributed by atoms with Crippen LogP contribution in [0.15, 0.2) is 0 Å². The monoisotopic (exact) mass is 367 g/mol. The van der Waals surface area contributed by atoms with Crippen LogP contribution in [0.5, 0.6) is 0 Å². The summed E-state index contributed by atoms with van der Waals surface area (Å²) in [5.74, 6) is 0.758. The smallest absolute Gasteiger partial charge is 0.410 e. The van der Waals surface area contributed by atoms with Gasteiger partial charge in [-0.25, -0.2) is 9.48 Å². The second kappa shape index (κ2) is 7.51. The van der Waals surface area contributed by atoms with E-state index in [2.05, 4.69) is 5.10 Å². The van der Waals surface area contributed by atoms with Crippen molar-refractivity contribution in [3.05, 3.63) is 15.8 Å². The fourth-order valence-corrected chi connectivity index (χ4v) is 3.41. The Kier molecular flexibility index (Phi) is 5.77. The molecule has 9 heteroatoms. The van der Waals surface area contributed by atoms with Gasteiger partial charge in [0.2, 0.25) is 5.82 Å². The molecule has 0 radical (unpaired) electrons. The second-order valence-corrected chi connectivity index (χ2v) is 7.95. The summed E-state index contributed by atoms with van der Waals surface area (Å²) < 4.78 is 6.97. The predicted molar refractivity (Wildman–Crippen MR) is 98.4 cm³/mol. The van der Waals surface area contributed by atoms with Gasteiger partial charge in [0.05, 0.1) is 4.92 Å². The van der Waals surface area contributed by atoms with Gasteiger partial charge in [-0.15, -0.1) is 0 Å². The first kappa shape index (κ1) is 20.0. The lowest BCUT2D eigenvalue weighted by atomic mass is 9.97. The molecule has 146 valence electrons. The Hall–Kier alpha value is -2.32. The van der Waals surface area contributed by atoms with E-state index in [1.54, 1.807) is 30.6 Å². The molecule has 2 heterocycles. The average Bonchev–Trinajstić information content (AvgIpc) is 2.80. The first-order chi connectivity index (χ1) is 12.0. The van der Waals surface area contributed by atoms with Crippen LogP contribution in [-0.2, 0) is 11.8 Å². The van der Waals surface area contributed by atoms with Crippen LogP contribution in [0.2, 0.25) is 0 Å². The van der Waals surface area contributed by atoms with Gasteiger partial charge < -0.3 is 14.5 Å². The molecule has 2 rings (SSSR count). The van der Waals surface area contributed by atoms with Gasteiger partial charge in [0.15, 0.2) is 0 Å². The van der Waals surface area contributed by atoms with E-state index >= 15 is 0 Å². The van der Waals surface area contributed by atoms with Crippen LogP contribution in [0.3, 0.4) is 0 Å². The molecule has 1 amide bonds. The normalized spacial score (nSPS) is 17.9. The van der Waals surface area contributed by atoms with Gasteiger partial charge in [-0.3, -0.25) is 10.1 Å². The number of piperidine rings is 1. The number of aromatic nitrogens is 2. The van der Waals surface area contributed by atoms with Crippen LogP contribution in [0.25, 0.3) is 0 Å². The van der Waals surface area contributed by atoms with Crippen LogP contribution in [-0.4, -0.2) is 58.0 Å². The van der Waals surface area contributed by atoms with E-state index in [1.807, 2.05) is 25.7 Å². The molecular formula is C17H29N5O4. The van der Waals surface area contributed by atoms with Gasteiger partial charge in [0.25, 0.3) is 0 Å². The zero-order valence-corrected chi connectivity index (χ0v) is 16.5. The van der Waals surface area contributed by atoms with Gasteiger partial charge in [-0.1, -0.05) is 0 Å². The van der Waals surface area contributed by atoms with E-state index in [4.69, 9.17) is 4.74 Å². The summed E-state index contributed by atoms with van der Waals surface area (Å²) >= 11 is 0. The number of ether oxygens (including phenoxy) is 1. The lowest BCUT2D eigenvalue weighted by Gasteiger charge is -2.35. The Morgan fingerprint density at radius 2 is 2.12 bits per heavy atom. The fourth-order valence-electron chi connectivity index (χ4n) is 3.41. The second-order valence-electron chi connectivity index (χ2n) is 7.95. The largest absolute Gasteiger partial charge is 0.444 e. The summed E-state index contributed by atoms with van der Waals surface area (Å²) in [5.41, 5.74) is -0.0503. The molecule has 26 heavy (non-hydrogen) atoms. The number of nitro groups is 1. The number of amides is 1. The number of carbonyl (C=O) groups is 1. The van der Waals surface area contributed by atoms with Gasteiger partial charge in [-0.2, -0.15) is 5.10 Å². The minimum atomic E-state index is -0.531. The highest BCUT2D eigenvalue weighted by Gasteiger charge is 2.32. The average molecular weight is 367 g/mol. The summed E-state index contributed by atoms with van der Waals surface area (Å²) in [6.45, 7) is 9.11. The summed E-state index contributed by atoms with van der Waals surface area (Å²) in [7, 11) is 3.45. The number of carbonyl (C=O) groups excluding carboxylic acids is 1. The quantitative estimate of drug-likeness (QED) is 0.600. The third kappa shape index (κ3) is 4.64. The Morgan fingerprint density at radius 1 is 1.46 bits per heavy atom. The highest BCUT2D eigenvalue weighted by atomic mass is 16.6. The summed E-state index contributed by atoms with van der Waals surface area (Å²) in [6, 6.07) is 0. The molecule has 1 fully saturated rings. The van der Waals surface area contributed by atoms with Crippen molar-refractivity contribution in [2.24, 2.45) is 13.0 Å². The van der Waals surface area contributed by atoms with E-state index in [1.165, 1.54) is 0 Å². The minimum Gasteiger partial charge on any atom is -0.444 e. The van der Waals surface area contributed by atoms with E-state index in [9.17, 15) is 14.9 Å². The highest BCUT2D eigenvalue weighted by Crippen LogP contribution is 2.33. The van der Waals surface area contributed by atoms with E-state index in [0.717, 1.165) is 19.4 Å². The van der Waals surface area contributed by atoms with Crippen molar-refractivity contribution in [2.45, 2.75) is 46.1 Å². The molecular weight excluding hydrogens is 338 g/mol. The van der Waals surface area contributed by atoms with Crippen molar-refractivity contribution in [1.82, 2.24) is 14.7 Å². The van der Waals surface area contributed by atoms with Crippen molar-refractivity contribution >= 4 is 17.6 Å². The van der Waals surface area contributed by atoms with Crippen LogP contribution in [0, 0.1) is 23.0 Å². The topological polar surface area (TPSA) is 93.7 Å². The molecule has 1 atom stereocenters. The van der Waals surface area contributed by atoms with Crippen molar-refractivity contribution in [3.63, 3.8) is 0 Å². The van der Waals surface area contributed by atoms with Gasteiger partial charge in [0.1, 0.15) is 11.3 Å². The maximum Gasteiger partial charge on any atom is 0.410 e. The molecule has 9 nitrogen and oxygen atoms in total. The maximum atomic E-state index is 12.2. The Labute approximate surface area is 154 Å². The van der Waals surface area contributed by atoms with Crippen LogP contribution in [0.4, 0.5) is 16.3 Å². The Bertz CT molecular complexity index is 679. The van der Waals surface area contributed by atoms with Gasteiger partial charge in [0, 0.05) is 33.7 Å². The number of rotatable bonds is 4. The molecule has 0 aromatic carbocycles. The molecule has 1 aromatic heterocycles. The molecule has 1 aliphatic rings. The minimum absolute atomic E-state index is 0.0636. The van der Waals surface area contributed by atoms with Crippen molar-refractivity contribution in [2.75, 3.05) is 31.6 Å². The zero-order valence-electron chi connectivity index (χ0n) is 16.5. The van der Waals surface area contributed by atoms with Crippen molar-refractivity contribution in [1.29, 1.82) is 0 Å². The zero-order chi connectivity index (χ0) is 19.6. The summed E-state index contributed by atoms with van der Waals surface area (Å²) in [4.78, 5) is 26.8. The Balaban J connectivity index is 2.08. The van der Waals surface area contributed by atoms with Crippen molar-refractivity contribution < 1.29 is 14.5 Å². The molecule has 0 saturated carbocycles. The molecule has 0 spiro atoms. The van der Waals surface area contributed by atoms with Crippen molar-refractivity contribution in [3.8, 4) is 0 Å². The van der Waals surface area contributed by atoms with Gasteiger partial charge in [-0.05, 0) is 46.5 Å². The predicted octanol–water partition coefficient (Wildman–Crippen LogP) is 2.72. The van der Waals surface area contributed by atoms with E-state index < -0.39 is 5.60 Å². The maximum absolute atomic E-state index is 12.2. The molecule has 1 aliphatic heterocycles. The number of hydrogen-bond acceptors (Lipinski definition) is 6. The first-order valence-electron chi connectivity index (χ1n) is 8.86. The summed E-state index contributed by atoms with van der Waals surface area (Å²) in [5, 5.41) is 15.6. The SMILES string of the molecule is Cc1nn(C)c(N2CCCC(CN(C)C(=O)OC(C)(C)C)C2)c1[N+](=O)[O-].